The number of rotatable bonds is 4. The molecule has 20 heavy (non-hydrogen) atoms. The van der Waals surface area contributed by atoms with E-state index in [1.807, 2.05) is 11.4 Å². The van der Waals surface area contributed by atoms with Crippen LogP contribution in [0.15, 0.2) is 50.4 Å². The van der Waals surface area contributed by atoms with Crippen molar-refractivity contribution < 1.29 is 18.5 Å². The summed E-state index contributed by atoms with van der Waals surface area (Å²) in [5.41, 5.74) is 0.605. The Kier molecular flexibility index (Phi) is 3.42. The van der Waals surface area contributed by atoms with Crippen LogP contribution in [0, 0.1) is 0 Å². The predicted molar refractivity (Wildman–Crippen MR) is 77.6 cm³/mol. The van der Waals surface area contributed by atoms with Crippen molar-refractivity contribution in [3.63, 3.8) is 0 Å². The van der Waals surface area contributed by atoms with E-state index in [0.29, 0.717) is 15.2 Å². The van der Waals surface area contributed by atoms with E-state index in [-0.39, 0.29) is 17.1 Å². The SMILES string of the molecule is O=C(O)c1c(CS(=O)c2cccs2)oc2ccccc12. The third-order valence-electron chi connectivity index (χ3n) is 2.86. The van der Waals surface area contributed by atoms with Crippen LogP contribution in [0.1, 0.15) is 16.1 Å². The van der Waals surface area contributed by atoms with Crippen molar-refractivity contribution in [2.75, 3.05) is 0 Å². The monoisotopic (exact) mass is 306 g/mol. The van der Waals surface area contributed by atoms with Gasteiger partial charge >= 0.3 is 5.97 Å². The number of hydrogen-bond donors (Lipinski definition) is 1. The Morgan fingerprint density at radius 1 is 1.25 bits per heavy atom. The first-order valence-corrected chi connectivity index (χ1v) is 8.02. The topological polar surface area (TPSA) is 67.5 Å². The van der Waals surface area contributed by atoms with Crippen LogP contribution in [0.2, 0.25) is 0 Å². The zero-order valence-corrected chi connectivity index (χ0v) is 11.9. The molecule has 1 atom stereocenters. The highest BCUT2D eigenvalue weighted by atomic mass is 32.2. The molecule has 4 nitrogen and oxygen atoms in total. The van der Waals surface area contributed by atoms with Crippen molar-refractivity contribution in [3.05, 3.63) is 53.1 Å². The molecule has 0 amide bonds. The first-order chi connectivity index (χ1) is 9.66. The molecule has 2 heterocycles. The van der Waals surface area contributed by atoms with E-state index in [2.05, 4.69) is 0 Å². The van der Waals surface area contributed by atoms with Gasteiger partial charge in [-0.2, -0.15) is 0 Å². The average molecular weight is 306 g/mol. The van der Waals surface area contributed by atoms with Crippen molar-refractivity contribution in [2.24, 2.45) is 0 Å². The van der Waals surface area contributed by atoms with Crippen LogP contribution in [0.5, 0.6) is 0 Å². The third-order valence-corrected chi connectivity index (χ3v) is 5.48. The van der Waals surface area contributed by atoms with Gasteiger partial charge in [-0.25, -0.2) is 4.79 Å². The molecular formula is C14H10O4S2. The molecule has 1 unspecified atom stereocenters. The van der Waals surface area contributed by atoms with Gasteiger partial charge in [-0.15, -0.1) is 11.3 Å². The molecule has 0 aliphatic heterocycles. The highest BCUT2D eigenvalue weighted by molar-refractivity contribution is 7.86. The largest absolute Gasteiger partial charge is 0.478 e. The van der Waals surface area contributed by atoms with Crippen molar-refractivity contribution in [2.45, 2.75) is 9.96 Å². The number of carboxylic acid groups (broad SMARTS) is 1. The Labute approximate surface area is 121 Å². The molecule has 2 aromatic heterocycles. The van der Waals surface area contributed by atoms with Crippen LogP contribution >= 0.6 is 11.3 Å². The summed E-state index contributed by atoms with van der Waals surface area (Å²) in [6, 6.07) is 10.5. The quantitative estimate of drug-likeness (QED) is 0.801. The van der Waals surface area contributed by atoms with Crippen LogP contribution < -0.4 is 0 Å². The fourth-order valence-corrected chi connectivity index (χ4v) is 4.05. The molecule has 0 spiro atoms. The minimum absolute atomic E-state index is 0.0663. The standard InChI is InChI=1S/C14H10O4S2/c15-14(16)13-9-4-1-2-5-10(9)18-11(13)8-20(17)12-6-3-7-19-12/h1-7H,8H2,(H,15,16). The minimum atomic E-state index is -1.30. The van der Waals surface area contributed by atoms with E-state index in [1.165, 1.54) is 11.3 Å². The molecule has 3 rings (SSSR count). The Balaban J connectivity index is 2.05. The highest BCUT2D eigenvalue weighted by Gasteiger charge is 2.22. The molecule has 0 saturated heterocycles. The average Bonchev–Trinajstić information content (AvgIpc) is 3.05. The fraction of sp³-hybridized carbons (Fsp3) is 0.0714. The summed E-state index contributed by atoms with van der Waals surface area (Å²) in [5.74, 6) is -0.741. The Morgan fingerprint density at radius 3 is 2.75 bits per heavy atom. The zero-order chi connectivity index (χ0) is 14.1. The number of benzene rings is 1. The lowest BCUT2D eigenvalue weighted by molar-refractivity contribution is 0.0697. The van der Waals surface area contributed by atoms with E-state index in [4.69, 9.17) is 4.42 Å². The molecule has 0 bridgehead atoms. The van der Waals surface area contributed by atoms with Gasteiger partial charge in [0.25, 0.3) is 0 Å². The maximum absolute atomic E-state index is 12.2. The van der Waals surface area contributed by atoms with Crippen LogP contribution in [0.25, 0.3) is 11.0 Å². The molecule has 0 saturated carbocycles. The maximum atomic E-state index is 12.2. The first-order valence-electron chi connectivity index (χ1n) is 5.82. The lowest BCUT2D eigenvalue weighted by Gasteiger charge is -1.98. The van der Waals surface area contributed by atoms with Crippen molar-refractivity contribution >= 4 is 39.1 Å². The molecule has 0 fully saturated rings. The fourth-order valence-electron chi connectivity index (χ4n) is 2.02. The number of fused-ring (bicyclic) bond motifs is 1. The van der Waals surface area contributed by atoms with Gasteiger partial charge in [-0.05, 0) is 17.5 Å². The number of hydrogen-bond acceptors (Lipinski definition) is 4. The second kappa shape index (κ2) is 5.22. The highest BCUT2D eigenvalue weighted by Crippen LogP contribution is 2.28. The number of carbonyl (C=O) groups is 1. The summed E-state index contributed by atoms with van der Waals surface area (Å²) < 4.78 is 18.5. The Bertz CT molecular complexity index is 787. The first kappa shape index (κ1) is 13.1. The van der Waals surface area contributed by atoms with Gasteiger partial charge < -0.3 is 9.52 Å². The van der Waals surface area contributed by atoms with Crippen LogP contribution in [0.3, 0.4) is 0 Å². The molecule has 0 aliphatic carbocycles. The predicted octanol–water partition coefficient (Wildman–Crippen LogP) is 3.50. The van der Waals surface area contributed by atoms with E-state index in [0.717, 1.165) is 0 Å². The third kappa shape index (κ3) is 2.28. The molecule has 3 aromatic rings. The summed E-state index contributed by atoms with van der Waals surface area (Å²) in [5, 5.41) is 11.7. The zero-order valence-electron chi connectivity index (χ0n) is 10.2. The van der Waals surface area contributed by atoms with Gasteiger partial charge in [0.15, 0.2) is 0 Å². The Morgan fingerprint density at radius 2 is 2.05 bits per heavy atom. The molecule has 1 aromatic carbocycles. The lowest BCUT2D eigenvalue weighted by atomic mass is 10.1. The van der Waals surface area contributed by atoms with Crippen molar-refractivity contribution in [3.8, 4) is 0 Å². The maximum Gasteiger partial charge on any atom is 0.339 e. The van der Waals surface area contributed by atoms with E-state index < -0.39 is 16.8 Å². The summed E-state index contributed by atoms with van der Waals surface area (Å²) in [6.07, 6.45) is 0. The van der Waals surface area contributed by atoms with Gasteiger partial charge in [0.05, 0.1) is 20.8 Å². The second-order valence-electron chi connectivity index (χ2n) is 4.12. The van der Waals surface area contributed by atoms with Gasteiger partial charge in [-0.1, -0.05) is 24.3 Å². The van der Waals surface area contributed by atoms with Gasteiger partial charge in [0.2, 0.25) is 0 Å². The van der Waals surface area contributed by atoms with Gasteiger partial charge in [0.1, 0.15) is 16.9 Å². The molecule has 0 radical (unpaired) electrons. The van der Waals surface area contributed by atoms with Crippen LogP contribution in [-0.4, -0.2) is 15.3 Å². The van der Waals surface area contributed by atoms with E-state index in [1.54, 1.807) is 30.3 Å². The number of para-hydroxylation sites is 1. The number of aromatic carboxylic acids is 1. The normalized spacial score (nSPS) is 12.6. The van der Waals surface area contributed by atoms with E-state index in [9.17, 15) is 14.1 Å². The number of furan rings is 1. The van der Waals surface area contributed by atoms with Crippen LogP contribution in [0.4, 0.5) is 0 Å². The lowest BCUT2D eigenvalue weighted by Crippen LogP contribution is -2.02. The van der Waals surface area contributed by atoms with Gasteiger partial charge in [-0.3, -0.25) is 4.21 Å². The molecule has 102 valence electrons. The number of carboxylic acids is 1. The Hall–Kier alpha value is -1.92. The van der Waals surface area contributed by atoms with Gasteiger partial charge in [0, 0.05) is 5.39 Å². The van der Waals surface area contributed by atoms with E-state index >= 15 is 0 Å². The van der Waals surface area contributed by atoms with Crippen molar-refractivity contribution in [1.29, 1.82) is 0 Å². The summed E-state index contributed by atoms with van der Waals surface area (Å²) in [6.45, 7) is 0. The second-order valence-corrected chi connectivity index (χ2v) is 6.75. The molecule has 0 aliphatic rings. The summed E-state index contributed by atoms with van der Waals surface area (Å²) in [4.78, 5) is 11.4. The molecular weight excluding hydrogens is 296 g/mol. The smallest absolute Gasteiger partial charge is 0.339 e. The molecule has 6 heteroatoms. The number of thiophene rings is 1. The molecule has 1 N–H and O–H groups in total. The van der Waals surface area contributed by atoms with Crippen molar-refractivity contribution in [1.82, 2.24) is 0 Å². The van der Waals surface area contributed by atoms with Crippen LogP contribution in [-0.2, 0) is 16.6 Å². The summed E-state index contributed by atoms with van der Waals surface area (Å²) >= 11 is 1.38. The minimum Gasteiger partial charge on any atom is -0.478 e. The summed E-state index contributed by atoms with van der Waals surface area (Å²) in [7, 11) is -1.30.